The molecule has 0 aromatic heterocycles. The number of rotatable bonds is 9. The minimum Gasteiger partial charge on any atom is -0.465 e. The standard InChI is InChI=1S/C16H30N2O2/c1-5-12(3)18(4)11-16(13-7-8-13,15(19)20-6-2)17-14-9-10-14/h12-14,17H,5-11H2,1-4H3. The summed E-state index contributed by atoms with van der Waals surface area (Å²) in [6, 6.07) is 1.01. The topological polar surface area (TPSA) is 41.6 Å². The van der Waals surface area contributed by atoms with Gasteiger partial charge in [-0.05, 0) is 58.9 Å². The Morgan fingerprint density at radius 3 is 2.45 bits per heavy atom. The largest absolute Gasteiger partial charge is 0.465 e. The molecule has 0 saturated heterocycles. The third-order valence-corrected chi connectivity index (χ3v) is 4.80. The van der Waals surface area contributed by atoms with Crippen molar-refractivity contribution in [2.75, 3.05) is 20.2 Å². The van der Waals surface area contributed by atoms with Crippen molar-refractivity contribution < 1.29 is 9.53 Å². The zero-order chi connectivity index (χ0) is 14.8. The van der Waals surface area contributed by atoms with Gasteiger partial charge in [0.1, 0.15) is 5.54 Å². The molecule has 0 spiro atoms. The van der Waals surface area contributed by atoms with Crippen LogP contribution in [0.15, 0.2) is 0 Å². The fourth-order valence-electron chi connectivity index (χ4n) is 2.87. The van der Waals surface area contributed by atoms with Gasteiger partial charge in [0.25, 0.3) is 0 Å². The number of esters is 1. The summed E-state index contributed by atoms with van der Waals surface area (Å²) in [5, 5.41) is 3.64. The maximum absolute atomic E-state index is 12.6. The van der Waals surface area contributed by atoms with E-state index in [0.29, 0.717) is 24.6 Å². The molecule has 2 fully saturated rings. The number of carbonyl (C=O) groups is 1. The van der Waals surface area contributed by atoms with Crippen LogP contribution in [0.5, 0.6) is 0 Å². The molecule has 4 nitrogen and oxygen atoms in total. The molecule has 1 N–H and O–H groups in total. The molecule has 2 unspecified atom stereocenters. The summed E-state index contributed by atoms with van der Waals surface area (Å²) in [7, 11) is 2.12. The van der Waals surface area contributed by atoms with Gasteiger partial charge >= 0.3 is 5.97 Å². The minimum absolute atomic E-state index is 0.0375. The lowest BCUT2D eigenvalue weighted by Crippen LogP contribution is -2.62. The molecule has 0 amide bonds. The summed E-state index contributed by atoms with van der Waals surface area (Å²) in [5.41, 5.74) is -0.477. The van der Waals surface area contributed by atoms with Crippen molar-refractivity contribution in [3.8, 4) is 0 Å². The van der Waals surface area contributed by atoms with E-state index in [2.05, 4.69) is 31.1 Å². The molecule has 116 valence electrons. The molecule has 2 saturated carbocycles. The Balaban J connectivity index is 2.13. The van der Waals surface area contributed by atoms with Crippen molar-refractivity contribution in [1.82, 2.24) is 10.2 Å². The van der Waals surface area contributed by atoms with Crippen LogP contribution in [0.3, 0.4) is 0 Å². The fourth-order valence-corrected chi connectivity index (χ4v) is 2.87. The lowest BCUT2D eigenvalue weighted by Gasteiger charge is -2.38. The van der Waals surface area contributed by atoms with Crippen molar-refractivity contribution in [1.29, 1.82) is 0 Å². The van der Waals surface area contributed by atoms with Gasteiger partial charge in [-0.2, -0.15) is 0 Å². The van der Waals surface area contributed by atoms with E-state index in [4.69, 9.17) is 4.74 Å². The Kier molecular flexibility index (Phi) is 5.08. The van der Waals surface area contributed by atoms with Crippen LogP contribution in [0.1, 0.15) is 52.9 Å². The van der Waals surface area contributed by atoms with Gasteiger partial charge in [0, 0.05) is 18.6 Å². The van der Waals surface area contributed by atoms with Gasteiger partial charge in [0.2, 0.25) is 0 Å². The van der Waals surface area contributed by atoms with Crippen molar-refractivity contribution in [2.45, 2.75) is 70.5 Å². The molecule has 0 aliphatic heterocycles. The SMILES string of the molecule is CCOC(=O)C(CN(C)C(C)CC)(NC1CC1)C1CC1. The molecular formula is C16H30N2O2. The third kappa shape index (κ3) is 3.53. The number of nitrogens with one attached hydrogen (secondary N) is 1. The van der Waals surface area contributed by atoms with Crippen molar-refractivity contribution in [2.24, 2.45) is 5.92 Å². The van der Waals surface area contributed by atoms with Crippen LogP contribution >= 0.6 is 0 Å². The number of hydrogen-bond donors (Lipinski definition) is 1. The summed E-state index contributed by atoms with van der Waals surface area (Å²) < 4.78 is 5.42. The molecule has 20 heavy (non-hydrogen) atoms. The van der Waals surface area contributed by atoms with Gasteiger partial charge < -0.3 is 9.64 Å². The average Bonchev–Trinajstić information content (AvgIpc) is 3.27. The van der Waals surface area contributed by atoms with E-state index >= 15 is 0 Å². The molecule has 0 aromatic rings. The zero-order valence-corrected chi connectivity index (χ0v) is 13.4. The minimum atomic E-state index is -0.477. The molecule has 2 aliphatic rings. The average molecular weight is 282 g/mol. The Bertz CT molecular complexity index is 339. The second-order valence-electron chi connectivity index (χ2n) is 6.56. The Morgan fingerprint density at radius 1 is 1.35 bits per heavy atom. The van der Waals surface area contributed by atoms with E-state index in [0.717, 1.165) is 25.8 Å². The number of hydrogen-bond acceptors (Lipinski definition) is 4. The van der Waals surface area contributed by atoms with E-state index in [1.165, 1.54) is 12.8 Å². The highest BCUT2D eigenvalue weighted by atomic mass is 16.5. The van der Waals surface area contributed by atoms with Crippen LogP contribution in [0, 0.1) is 5.92 Å². The molecule has 2 atom stereocenters. The highest BCUT2D eigenvalue weighted by Crippen LogP contribution is 2.43. The van der Waals surface area contributed by atoms with E-state index < -0.39 is 5.54 Å². The quantitative estimate of drug-likeness (QED) is 0.658. The Morgan fingerprint density at radius 2 is 2.00 bits per heavy atom. The van der Waals surface area contributed by atoms with E-state index in [1.54, 1.807) is 0 Å². The molecule has 0 bridgehead atoms. The van der Waals surface area contributed by atoms with Crippen LogP contribution < -0.4 is 5.32 Å². The highest BCUT2D eigenvalue weighted by Gasteiger charge is 2.54. The van der Waals surface area contributed by atoms with Crippen LogP contribution in [0.2, 0.25) is 0 Å². The molecule has 0 aromatic carbocycles. The summed E-state index contributed by atoms with van der Waals surface area (Å²) >= 11 is 0. The van der Waals surface area contributed by atoms with Gasteiger partial charge in [-0.3, -0.25) is 5.32 Å². The van der Waals surface area contributed by atoms with Gasteiger partial charge in [0.15, 0.2) is 0 Å². The molecule has 0 heterocycles. The first-order chi connectivity index (χ1) is 9.53. The summed E-state index contributed by atoms with van der Waals surface area (Å²) in [6.45, 7) is 7.54. The van der Waals surface area contributed by atoms with Gasteiger partial charge in [-0.25, -0.2) is 4.79 Å². The first-order valence-corrected chi connectivity index (χ1v) is 8.18. The van der Waals surface area contributed by atoms with Crippen molar-refractivity contribution >= 4 is 5.97 Å². The first-order valence-electron chi connectivity index (χ1n) is 8.18. The molecule has 2 rings (SSSR count). The van der Waals surface area contributed by atoms with Gasteiger partial charge in [0.05, 0.1) is 6.61 Å². The first kappa shape index (κ1) is 15.8. The van der Waals surface area contributed by atoms with Gasteiger partial charge in [-0.15, -0.1) is 0 Å². The molecular weight excluding hydrogens is 252 g/mol. The predicted molar refractivity (Wildman–Crippen MR) is 80.6 cm³/mol. The van der Waals surface area contributed by atoms with E-state index in [-0.39, 0.29) is 5.97 Å². The lowest BCUT2D eigenvalue weighted by molar-refractivity contribution is -0.153. The van der Waals surface area contributed by atoms with Crippen LogP contribution in [0.4, 0.5) is 0 Å². The van der Waals surface area contributed by atoms with E-state index in [1.807, 2.05) is 6.92 Å². The number of likely N-dealkylation sites (N-methyl/N-ethyl adjacent to an activating group) is 1. The maximum atomic E-state index is 12.6. The second kappa shape index (κ2) is 6.44. The normalized spacial score (nSPS) is 23.4. The lowest BCUT2D eigenvalue weighted by atomic mass is 9.91. The molecule has 2 aliphatic carbocycles. The summed E-state index contributed by atoms with van der Waals surface area (Å²) in [5.74, 6) is 0.415. The van der Waals surface area contributed by atoms with E-state index in [9.17, 15) is 4.79 Å². The summed E-state index contributed by atoms with van der Waals surface area (Å²) in [6.07, 6.45) is 5.78. The molecule has 4 heteroatoms. The van der Waals surface area contributed by atoms with Crippen molar-refractivity contribution in [3.05, 3.63) is 0 Å². The van der Waals surface area contributed by atoms with Crippen LogP contribution in [0.25, 0.3) is 0 Å². The van der Waals surface area contributed by atoms with Gasteiger partial charge in [-0.1, -0.05) is 6.92 Å². The molecule has 0 radical (unpaired) electrons. The second-order valence-corrected chi connectivity index (χ2v) is 6.56. The number of nitrogens with zero attached hydrogens (tertiary/aromatic N) is 1. The number of carbonyl (C=O) groups excluding carboxylic acids is 1. The predicted octanol–water partition coefficient (Wildman–Crippen LogP) is 2.18. The Hall–Kier alpha value is -0.610. The van der Waals surface area contributed by atoms with Crippen molar-refractivity contribution in [3.63, 3.8) is 0 Å². The monoisotopic (exact) mass is 282 g/mol. The number of ether oxygens (including phenoxy) is 1. The zero-order valence-electron chi connectivity index (χ0n) is 13.4. The highest BCUT2D eigenvalue weighted by molar-refractivity contribution is 5.82. The Labute approximate surface area is 123 Å². The smallest absolute Gasteiger partial charge is 0.327 e. The fraction of sp³-hybridized carbons (Fsp3) is 0.938. The maximum Gasteiger partial charge on any atom is 0.327 e. The third-order valence-electron chi connectivity index (χ3n) is 4.80. The van der Waals surface area contributed by atoms with Crippen LogP contribution in [-0.4, -0.2) is 48.7 Å². The summed E-state index contributed by atoms with van der Waals surface area (Å²) in [4.78, 5) is 15.0. The van der Waals surface area contributed by atoms with Crippen LogP contribution in [-0.2, 0) is 9.53 Å².